The zero-order chi connectivity index (χ0) is 25.8. The van der Waals surface area contributed by atoms with Gasteiger partial charge in [0.1, 0.15) is 0 Å². The quantitative estimate of drug-likeness (QED) is 0.506. The molecule has 0 radical (unpaired) electrons. The molecule has 0 bridgehead atoms. The average molecular weight is 503 g/mol. The van der Waals surface area contributed by atoms with E-state index in [1.54, 1.807) is 11.1 Å². The molecule has 1 aromatic carbocycles. The third-order valence-electron chi connectivity index (χ3n) is 6.20. The van der Waals surface area contributed by atoms with Crippen molar-refractivity contribution in [2.24, 2.45) is 5.92 Å². The Morgan fingerprint density at radius 1 is 1.20 bits per heavy atom. The molecule has 194 valence electrons. The number of hydrogen-bond acceptors (Lipinski definition) is 4. The van der Waals surface area contributed by atoms with E-state index in [0.717, 1.165) is 42.5 Å². The normalized spacial score (nSPS) is 15.4. The summed E-state index contributed by atoms with van der Waals surface area (Å²) in [5.41, 5.74) is 2.21. The summed E-state index contributed by atoms with van der Waals surface area (Å²) in [5, 5.41) is 3.18. The third-order valence-corrected chi connectivity index (χ3v) is 7.78. The van der Waals surface area contributed by atoms with Crippen molar-refractivity contribution in [2.45, 2.75) is 103 Å². The molecule has 2 amide bonds. The summed E-state index contributed by atoms with van der Waals surface area (Å²) in [6.45, 7) is 12.9. The largest absolute Gasteiger partial charge is 0.333 e. The van der Waals surface area contributed by atoms with E-state index in [2.05, 4.69) is 24.1 Å². The summed E-state index contributed by atoms with van der Waals surface area (Å²) in [6.07, 6.45) is 6.82. The molecule has 1 fully saturated rings. The second-order valence-corrected chi connectivity index (χ2v) is 13.3. The Kier molecular flexibility index (Phi) is 8.67. The first-order valence-corrected chi connectivity index (χ1v) is 14.4. The van der Waals surface area contributed by atoms with Crippen molar-refractivity contribution in [3.63, 3.8) is 0 Å². The molecule has 7 nitrogen and oxygen atoms in total. The zero-order valence-corrected chi connectivity index (χ0v) is 23.0. The van der Waals surface area contributed by atoms with Crippen molar-refractivity contribution in [3.05, 3.63) is 47.3 Å². The number of aryl methyl sites for hydroxylation is 1. The number of imidazole rings is 1. The molecule has 35 heavy (non-hydrogen) atoms. The molecule has 8 heteroatoms. The molecule has 0 atom stereocenters. The molecular formula is C27H42N4O3S. The first-order chi connectivity index (χ1) is 16.4. The minimum absolute atomic E-state index is 0.0788. The van der Waals surface area contributed by atoms with E-state index in [1.165, 1.54) is 6.42 Å². The van der Waals surface area contributed by atoms with Gasteiger partial charge in [-0.05, 0) is 52.0 Å². The Bertz CT molecular complexity index is 1110. The van der Waals surface area contributed by atoms with Crippen LogP contribution in [0.15, 0.2) is 35.6 Å². The number of carbonyl (C=O) groups excluding carboxylic acids is 1. The van der Waals surface area contributed by atoms with E-state index in [0.29, 0.717) is 13.1 Å². The fraction of sp³-hybridized carbons (Fsp3) is 0.630. The SMILES string of the molecule is Cc1cccc(CS(=O)(=O)c2ncc(CN(CC(C)C)C(=O)NC(C)(C)C)n2C2CCCCC2)c1. The number of urea groups is 1. The monoisotopic (exact) mass is 502 g/mol. The van der Waals surface area contributed by atoms with Crippen LogP contribution in [0.4, 0.5) is 4.79 Å². The van der Waals surface area contributed by atoms with Gasteiger partial charge in [-0.15, -0.1) is 0 Å². The van der Waals surface area contributed by atoms with Gasteiger partial charge in [-0.1, -0.05) is 62.9 Å². The lowest BCUT2D eigenvalue weighted by atomic mass is 9.95. The molecule has 3 rings (SSSR count). The predicted molar refractivity (Wildman–Crippen MR) is 140 cm³/mol. The summed E-state index contributed by atoms with van der Waals surface area (Å²) >= 11 is 0. The highest BCUT2D eigenvalue weighted by molar-refractivity contribution is 7.90. The molecule has 2 aromatic rings. The van der Waals surface area contributed by atoms with E-state index in [9.17, 15) is 13.2 Å². The molecule has 0 spiro atoms. The second kappa shape index (κ2) is 11.1. The molecule has 1 N–H and O–H groups in total. The minimum atomic E-state index is -3.66. The fourth-order valence-corrected chi connectivity index (χ4v) is 6.32. The second-order valence-electron chi connectivity index (χ2n) is 11.4. The number of sulfone groups is 1. The van der Waals surface area contributed by atoms with Gasteiger partial charge >= 0.3 is 6.03 Å². The minimum Gasteiger partial charge on any atom is -0.333 e. The van der Waals surface area contributed by atoms with Crippen molar-refractivity contribution in [3.8, 4) is 0 Å². The first-order valence-electron chi connectivity index (χ1n) is 12.8. The number of amides is 2. The molecule has 1 aliphatic rings. The van der Waals surface area contributed by atoms with Gasteiger partial charge in [0.2, 0.25) is 15.0 Å². The molecule has 0 aliphatic heterocycles. The lowest BCUT2D eigenvalue weighted by Crippen LogP contribution is -2.49. The molecule has 0 unspecified atom stereocenters. The van der Waals surface area contributed by atoms with Crippen LogP contribution in [0.2, 0.25) is 0 Å². The third kappa shape index (κ3) is 7.56. The maximum Gasteiger partial charge on any atom is 0.318 e. The van der Waals surface area contributed by atoms with Gasteiger partial charge in [-0.25, -0.2) is 18.2 Å². The summed E-state index contributed by atoms with van der Waals surface area (Å²) in [4.78, 5) is 19.4. The van der Waals surface area contributed by atoms with E-state index in [1.807, 2.05) is 56.5 Å². The van der Waals surface area contributed by atoms with Crippen LogP contribution in [0, 0.1) is 12.8 Å². The molecule has 1 heterocycles. The van der Waals surface area contributed by atoms with Gasteiger partial charge in [-0.2, -0.15) is 0 Å². The van der Waals surface area contributed by atoms with Gasteiger partial charge in [0.05, 0.1) is 24.2 Å². The number of carbonyl (C=O) groups is 1. The van der Waals surface area contributed by atoms with E-state index >= 15 is 0 Å². The highest BCUT2D eigenvalue weighted by atomic mass is 32.2. The van der Waals surface area contributed by atoms with E-state index in [-0.39, 0.29) is 34.4 Å². The van der Waals surface area contributed by atoms with Crippen LogP contribution in [0.1, 0.15) is 89.6 Å². The standard InChI is InChI=1S/C27H42N4O3S/c1-20(2)17-30(25(32)29-27(4,5)6)18-24-16-28-26(31(24)23-13-8-7-9-14-23)35(33,34)19-22-12-10-11-21(3)15-22/h10-12,15-16,20,23H,7-9,13-14,17-19H2,1-6H3,(H,29,32). The molecule has 1 aromatic heterocycles. The topological polar surface area (TPSA) is 84.3 Å². The Labute approximate surface area is 211 Å². The fourth-order valence-electron chi connectivity index (χ4n) is 4.80. The van der Waals surface area contributed by atoms with Crippen LogP contribution >= 0.6 is 0 Å². The Balaban J connectivity index is 1.98. The van der Waals surface area contributed by atoms with Crippen LogP contribution in [-0.2, 0) is 22.1 Å². The number of benzene rings is 1. The van der Waals surface area contributed by atoms with Crippen LogP contribution in [-0.4, -0.2) is 41.0 Å². The number of nitrogens with one attached hydrogen (secondary N) is 1. The first kappa shape index (κ1) is 27.2. The number of hydrogen-bond donors (Lipinski definition) is 1. The maximum atomic E-state index is 13.6. The summed E-state index contributed by atoms with van der Waals surface area (Å²) in [6, 6.07) is 7.54. The zero-order valence-electron chi connectivity index (χ0n) is 22.2. The summed E-state index contributed by atoms with van der Waals surface area (Å²) in [7, 11) is -3.66. The van der Waals surface area contributed by atoms with Crippen molar-refractivity contribution < 1.29 is 13.2 Å². The van der Waals surface area contributed by atoms with Crippen molar-refractivity contribution >= 4 is 15.9 Å². The van der Waals surface area contributed by atoms with Gasteiger partial charge in [0, 0.05) is 18.1 Å². The van der Waals surface area contributed by atoms with Crippen molar-refractivity contribution in [2.75, 3.05) is 6.54 Å². The van der Waals surface area contributed by atoms with Crippen LogP contribution in [0.3, 0.4) is 0 Å². The van der Waals surface area contributed by atoms with Gasteiger partial charge in [0.25, 0.3) is 0 Å². The van der Waals surface area contributed by atoms with Gasteiger partial charge in [0.15, 0.2) is 0 Å². The van der Waals surface area contributed by atoms with E-state index < -0.39 is 9.84 Å². The molecule has 1 saturated carbocycles. The Morgan fingerprint density at radius 3 is 2.49 bits per heavy atom. The smallest absolute Gasteiger partial charge is 0.318 e. The highest BCUT2D eigenvalue weighted by Crippen LogP contribution is 2.33. The summed E-state index contributed by atoms with van der Waals surface area (Å²) in [5.74, 6) is 0.189. The Morgan fingerprint density at radius 2 is 1.89 bits per heavy atom. The lowest BCUT2D eigenvalue weighted by Gasteiger charge is -2.31. The number of rotatable bonds is 8. The highest BCUT2D eigenvalue weighted by Gasteiger charge is 2.30. The lowest BCUT2D eigenvalue weighted by molar-refractivity contribution is 0.176. The van der Waals surface area contributed by atoms with Crippen LogP contribution < -0.4 is 5.32 Å². The Hall–Kier alpha value is -2.35. The van der Waals surface area contributed by atoms with Gasteiger partial charge in [-0.3, -0.25) is 0 Å². The number of nitrogens with zero attached hydrogens (tertiary/aromatic N) is 3. The number of aromatic nitrogens is 2. The average Bonchev–Trinajstić information content (AvgIpc) is 3.17. The van der Waals surface area contributed by atoms with Crippen molar-refractivity contribution in [1.29, 1.82) is 0 Å². The van der Waals surface area contributed by atoms with Crippen molar-refractivity contribution in [1.82, 2.24) is 19.8 Å². The molecule has 0 saturated heterocycles. The predicted octanol–water partition coefficient (Wildman–Crippen LogP) is 5.64. The molecular weight excluding hydrogens is 460 g/mol. The molecule has 1 aliphatic carbocycles. The maximum absolute atomic E-state index is 13.6. The van der Waals surface area contributed by atoms with E-state index in [4.69, 9.17) is 0 Å². The summed E-state index contributed by atoms with van der Waals surface area (Å²) < 4.78 is 29.1. The van der Waals surface area contributed by atoms with Crippen LogP contribution in [0.5, 0.6) is 0 Å². The van der Waals surface area contributed by atoms with Crippen LogP contribution in [0.25, 0.3) is 0 Å². The van der Waals surface area contributed by atoms with Gasteiger partial charge < -0.3 is 14.8 Å².